The molecule has 1 unspecified atom stereocenters. The van der Waals surface area contributed by atoms with Crippen molar-refractivity contribution in [3.63, 3.8) is 0 Å². The molecule has 1 N–H and O–H groups in total. The molecule has 11 heteroatoms. The van der Waals surface area contributed by atoms with Gasteiger partial charge in [0.2, 0.25) is 0 Å². The van der Waals surface area contributed by atoms with Crippen molar-refractivity contribution in [2.45, 2.75) is 25.6 Å². The number of benzene rings is 2. The lowest BCUT2D eigenvalue weighted by Crippen LogP contribution is -2.34. The predicted octanol–water partition coefficient (Wildman–Crippen LogP) is 2.73. The average Bonchev–Trinajstić information content (AvgIpc) is 3.52. The summed E-state index contributed by atoms with van der Waals surface area (Å²) >= 11 is 3.45. The third-order valence-electron chi connectivity index (χ3n) is 6.08. The van der Waals surface area contributed by atoms with E-state index in [0.29, 0.717) is 12.1 Å². The van der Waals surface area contributed by atoms with Gasteiger partial charge in [0.05, 0.1) is 38.2 Å². The highest BCUT2D eigenvalue weighted by Crippen LogP contribution is 2.34. The lowest BCUT2D eigenvalue weighted by molar-refractivity contribution is -0.133. The molecule has 0 aliphatic carbocycles. The van der Waals surface area contributed by atoms with Crippen molar-refractivity contribution in [2.75, 3.05) is 13.7 Å². The van der Waals surface area contributed by atoms with Crippen LogP contribution < -0.4 is 10.3 Å². The number of hydrogen-bond donors (Lipinski definition) is 1. The molecule has 1 atom stereocenters. The maximum atomic E-state index is 13.5. The van der Waals surface area contributed by atoms with Crippen molar-refractivity contribution < 1.29 is 14.6 Å². The molecule has 184 valence electrons. The second-order valence-corrected chi connectivity index (χ2v) is 9.21. The van der Waals surface area contributed by atoms with Crippen molar-refractivity contribution in [3.05, 3.63) is 87.0 Å². The molecular weight excluding hydrogens is 528 g/mol. The van der Waals surface area contributed by atoms with Gasteiger partial charge in [0.1, 0.15) is 24.0 Å². The van der Waals surface area contributed by atoms with Crippen LogP contribution in [-0.4, -0.2) is 54.8 Å². The lowest BCUT2D eigenvalue weighted by Gasteiger charge is -2.22. The SMILES string of the molecule is COc1ccc(C2CC(c3ccc(Br)cc3)=NN2C(=O)Cn2cnc3c(cnn3CCO)c2=O)cc1. The molecule has 1 aliphatic rings. The van der Waals surface area contributed by atoms with Crippen LogP contribution in [-0.2, 0) is 17.9 Å². The zero-order valence-electron chi connectivity index (χ0n) is 19.4. The Morgan fingerprint density at radius 1 is 1.17 bits per heavy atom. The molecule has 2 aromatic carbocycles. The Morgan fingerprint density at radius 2 is 1.92 bits per heavy atom. The number of amides is 1. The Morgan fingerprint density at radius 3 is 2.61 bits per heavy atom. The lowest BCUT2D eigenvalue weighted by atomic mass is 9.98. The number of aliphatic hydroxyl groups is 1. The summed E-state index contributed by atoms with van der Waals surface area (Å²) in [6.45, 7) is -0.124. The molecule has 0 fully saturated rings. The Labute approximate surface area is 214 Å². The predicted molar refractivity (Wildman–Crippen MR) is 137 cm³/mol. The van der Waals surface area contributed by atoms with Crippen LogP contribution in [0.2, 0.25) is 0 Å². The maximum absolute atomic E-state index is 13.5. The van der Waals surface area contributed by atoms with Crippen molar-refractivity contribution in [3.8, 4) is 5.75 Å². The van der Waals surface area contributed by atoms with Crippen LogP contribution in [0.25, 0.3) is 11.0 Å². The van der Waals surface area contributed by atoms with Gasteiger partial charge in [-0.1, -0.05) is 40.2 Å². The first kappa shape index (κ1) is 23.9. The highest BCUT2D eigenvalue weighted by Gasteiger charge is 2.33. The summed E-state index contributed by atoms with van der Waals surface area (Å²) in [6, 6.07) is 15.0. The number of hydrazone groups is 1. The number of carbonyl (C=O) groups is 1. The van der Waals surface area contributed by atoms with Gasteiger partial charge in [-0.15, -0.1) is 0 Å². The Hall–Kier alpha value is -3.83. The first-order valence-electron chi connectivity index (χ1n) is 11.3. The fourth-order valence-electron chi connectivity index (χ4n) is 4.23. The number of nitrogens with zero attached hydrogens (tertiary/aromatic N) is 6. The minimum absolute atomic E-state index is 0.125. The number of hydrogen-bond acceptors (Lipinski definition) is 7. The van der Waals surface area contributed by atoms with Crippen LogP contribution in [0, 0.1) is 0 Å². The van der Waals surface area contributed by atoms with Crippen molar-refractivity contribution in [1.82, 2.24) is 24.3 Å². The topological polar surface area (TPSA) is 115 Å². The van der Waals surface area contributed by atoms with Crippen LogP contribution in [0.3, 0.4) is 0 Å². The molecule has 1 amide bonds. The minimum Gasteiger partial charge on any atom is -0.497 e. The van der Waals surface area contributed by atoms with Gasteiger partial charge in [-0.2, -0.15) is 10.2 Å². The van der Waals surface area contributed by atoms with E-state index < -0.39 is 0 Å². The Kier molecular flexibility index (Phi) is 6.66. The van der Waals surface area contributed by atoms with Crippen LogP contribution in [0.4, 0.5) is 0 Å². The molecule has 0 radical (unpaired) electrons. The first-order chi connectivity index (χ1) is 17.5. The summed E-state index contributed by atoms with van der Waals surface area (Å²) in [5.41, 5.74) is 2.60. The van der Waals surface area contributed by atoms with E-state index in [1.807, 2.05) is 48.5 Å². The van der Waals surface area contributed by atoms with Crippen LogP contribution in [0.15, 0.2) is 75.4 Å². The Bertz CT molecular complexity index is 1490. The Balaban J connectivity index is 1.47. The molecule has 3 heterocycles. The van der Waals surface area contributed by atoms with Gasteiger partial charge in [0.25, 0.3) is 11.5 Å². The van der Waals surface area contributed by atoms with Crippen molar-refractivity contribution in [1.29, 1.82) is 0 Å². The number of methoxy groups -OCH3 is 1. The number of carbonyl (C=O) groups excluding carboxylic acids is 1. The molecule has 0 saturated carbocycles. The van der Waals surface area contributed by atoms with E-state index in [0.717, 1.165) is 27.1 Å². The molecule has 36 heavy (non-hydrogen) atoms. The maximum Gasteiger partial charge on any atom is 0.264 e. The number of rotatable bonds is 7. The summed E-state index contributed by atoms with van der Waals surface area (Å²) in [4.78, 5) is 30.8. The quantitative estimate of drug-likeness (QED) is 0.378. The molecule has 1 aliphatic heterocycles. The molecule has 10 nitrogen and oxygen atoms in total. The number of fused-ring (bicyclic) bond motifs is 1. The first-order valence-corrected chi connectivity index (χ1v) is 12.1. The van der Waals surface area contributed by atoms with Crippen LogP contribution in [0.1, 0.15) is 23.6 Å². The third kappa shape index (κ3) is 4.54. The number of aromatic nitrogens is 4. The summed E-state index contributed by atoms with van der Waals surface area (Å²) in [6.07, 6.45) is 3.26. The normalized spacial score (nSPS) is 15.4. The monoisotopic (exact) mass is 550 g/mol. The number of aliphatic hydroxyl groups excluding tert-OH is 1. The summed E-state index contributed by atoms with van der Waals surface area (Å²) in [7, 11) is 1.60. The van der Waals surface area contributed by atoms with Crippen LogP contribution in [0.5, 0.6) is 5.75 Å². The number of ether oxygens (including phenoxy) is 1. The largest absolute Gasteiger partial charge is 0.497 e. The summed E-state index contributed by atoms with van der Waals surface area (Å²) in [5, 5.41) is 19.7. The van der Waals surface area contributed by atoms with E-state index in [-0.39, 0.29) is 42.6 Å². The minimum atomic E-state index is -0.380. The molecule has 4 aromatic rings. The molecule has 2 aromatic heterocycles. The van der Waals surface area contributed by atoms with Gasteiger partial charge in [0.15, 0.2) is 5.65 Å². The van der Waals surface area contributed by atoms with Crippen molar-refractivity contribution in [2.24, 2.45) is 5.10 Å². The fraction of sp³-hybridized carbons (Fsp3) is 0.240. The van der Waals surface area contributed by atoms with E-state index in [9.17, 15) is 14.7 Å². The fourth-order valence-corrected chi connectivity index (χ4v) is 4.49. The number of halogens is 1. The zero-order chi connectivity index (χ0) is 25.2. The molecule has 0 spiro atoms. The molecular formula is C25H23BrN6O4. The second kappa shape index (κ2) is 10.0. The van der Waals surface area contributed by atoms with Gasteiger partial charge >= 0.3 is 0 Å². The molecule has 5 rings (SSSR count). The van der Waals surface area contributed by atoms with Gasteiger partial charge in [-0.25, -0.2) is 14.7 Å². The molecule has 0 bridgehead atoms. The standard InChI is InChI=1S/C25H23BrN6O4/c1-36-19-8-4-17(5-9-19)22-12-21(16-2-6-18(26)7-3-16)29-32(22)23(34)14-30-15-27-24-20(25(30)35)13-28-31(24)10-11-33/h2-9,13,15,22,33H,10-12,14H2,1H3. The highest BCUT2D eigenvalue weighted by atomic mass is 79.9. The second-order valence-electron chi connectivity index (χ2n) is 8.29. The van der Waals surface area contributed by atoms with Gasteiger partial charge in [0, 0.05) is 10.9 Å². The highest BCUT2D eigenvalue weighted by molar-refractivity contribution is 9.10. The van der Waals surface area contributed by atoms with Gasteiger partial charge < -0.3 is 9.84 Å². The zero-order valence-corrected chi connectivity index (χ0v) is 21.0. The molecule has 0 saturated heterocycles. The third-order valence-corrected chi connectivity index (χ3v) is 6.61. The average molecular weight is 551 g/mol. The van der Waals surface area contributed by atoms with Gasteiger partial charge in [-0.05, 0) is 35.4 Å². The smallest absolute Gasteiger partial charge is 0.264 e. The van der Waals surface area contributed by atoms with Crippen molar-refractivity contribution >= 4 is 38.6 Å². The summed E-state index contributed by atoms with van der Waals surface area (Å²) in [5.74, 6) is 0.380. The van der Waals surface area contributed by atoms with E-state index in [4.69, 9.17) is 4.74 Å². The van der Waals surface area contributed by atoms with Gasteiger partial charge in [-0.3, -0.25) is 14.2 Å². The van der Waals surface area contributed by atoms with E-state index in [2.05, 4.69) is 31.1 Å². The van der Waals surface area contributed by atoms with E-state index in [1.54, 1.807) is 7.11 Å². The van der Waals surface area contributed by atoms with E-state index >= 15 is 0 Å². The van der Waals surface area contributed by atoms with Crippen LogP contribution >= 0.6 is 15.9 Å². The summed E-state index contributed by atoms with van der Waals surface area (Å²) < 4.78 is 8.94. The van der Waals surface area contributed by atoms with E-state index in [1.165, 1.54) is 26.8 Å².